The van der Waals surface area contributed by atoms with Crippen LogP contribution in [0.2, 0.25) is 0 Å². The number of hydrogen-bond donors (Lipinski definition) is 0. The molecule has 0 saturated carbocycles. The van der Waals surface area contributed by atoms with E-state index in [0.717, 1.165) is 6.42 Å². The van der Waals surface area contributed by atoms with Crippen LogP contribution < -0.4 is 113 Å². The second kappa shape index (κ2) is 9.31. The summed E-state index contributed by atoms with van der Waals surface area (Å²) in [6, 6.07) is -4.49. The second-order valence-electron chi connectivity index (χ2n) is 4.61. The van der Waals surface area contributed by atoms with Crippen molar-refractivity contribution in [3.05, 3.63) is 0 Å². The Morgan fingerprint density at radius 2 is 1.84 bits per heavy atom. The zero-order valence-electron chi connectivity index (χ0n) is 11.3. The third-order valence-electron chi connectivity index (χ3n) is 3.47. The van der Waals surface area contributed by atoms with Gasteiger partial charge in [-0.25, -0.2) is 9.29 Å². The largest absolute Gasteiger partial charge is 1.00 e. The maximum Gasteiger partial charge on any atom is 1.00 e. The van der Waals surface area contributed by atoms with E-state index in [-0.39, 0.29) is 121 Å². The Labute approximate surface area is 196 Å². The Hall–Kier alpha value is 2.97. The van der Waals surface area contributed by atoms with Gasteiger partial charge in [0.2, 0.25) is 0 Å². The van der Waals surface area contributed by atoms with Crippen LogP contribution in [-0.2, 0) is 0 Å². The fraction of sp³-hybridized carbons (Fsp3) is 1.00. The predicted octanol–water partition coefficient (Wildman–Crippen LogP) is -7.20. The van der Waals surface area contributed by atoms with Crippen molar-refractivity contribution in [2.24, 2.45) is 0 Å². The number of piperazine rings is 1. The van der Waals surface area contributed by atoms with Crippen LogP contribution in [0.3, 0.4) is 0 Å². The van der Waals surface area contributed by atoms with Crippen molar-refractivity contribution in [2.45, 2.75) is 37.6 Å². The number of alkyl halides is 3. The van der Waals surface area contributed by atoms with E-state index in [1.54, 1.807) is 0 Å². The van der Waals surface area contributed by atoms with Crippen molar-refractivity contribution < 1.29 is 126 Å². The molecule has 98 valence electrons. The summed E-state index contributed by atoms with van der Waals surface area (Å²) >= 11 is 0. The average Bonchev–Trinajstić information content (AvgIpc) is 2.24. The summed E-state index contributed by atoms with van der Waals surface area (Å²) in [4.78, 5) is 1.57. The molecule has 10 heteroatoms. The minimum atomic E-state index is -3.43. The topological polar surface area (TPSA) is 52.6 Å². The fourth-order valence-electron chi connectivity index (χ4n) is 2.67. The molecule has 2 aliphatic heterocycles. The summed E-state index contributed by atoms with van der Waals surface area (Å²) in [7, 11) is -2.45. The van der Waals surface area contributed by atoms with E-state index in [1.165, 1.54) is 4.90 Å². The van der Waals surface area contributed by atoms with Gasteiger partial charge in [0.25, 0.3) is 0 Å². The molecule has 0 spiro atoms. The van der Waals surface area contributed by atoms with Crippen molar-refractivity contribution in [3.63, 3.8) is 0 Å². The molecule has 0 bridgehead atoms. The summed E-state index contributed by atoms with van der Waals surface area (Å²) < 4.78 is 41.6. The number of hydrogen-bond acceptors (Lipinski definition) is 4. The molecule has 0 amide bonds. The molecular formula is C9H14BF3K2N2O2. The van der Waals surface area contributed by atoms with Gasteiger partial charge in [0.1, 0.15) is 0 Å². The Balaban J connectivity index is 0.00000162. The number of piperidine rings is 1. The van der Waals surface area contributed by atoms with Crippen molar-refractivity contribution in [1.29, 1.82) is 0 Å². The molecule has 2 saturated heterocycles. The van der Waals surface area contributed by atoms with E-state index < -0.39 is 31.9 Å². The summed E-state index contributed by atoms with van der Waals surface area (Å²) in [5.74, 6) is 0. The number of fused-ring (bicyclic) bond motifs is 1. The molecule has 2 atom stereocenters. The molecule has 2 heterocycles. The molecule has 2 rings (SSSR count). The predicted molar refractivity (Wildman–Crippen MR) is 51.5 cm³/mol. The van der Waals surface area contributed by atoms with Crippen molar-refractivity contribution in [2.75, 3.05) is 19.5 Å². The van der Waals surface area contributed by atoms with E-state index >= 15 is 0 Å². The first-order valence-electron chi connectivity index (χ1n) is 5.77. The SMILES string of the molecule is [K+].[K+].[O-]B([O-])CN1[C@H](F)CN2CCCCC2C1(F)F. The summed E-state index contributed by atoms with van der Waals surface area (Å²) in [5, 5.41) is 21.0. The minimum absolute atomic E-state index is 0. The summed E-state index contributed by atoms with van der Waals surface area (Å²) in [6.45, 7) is 0.305. The van der Waals surface area contributed by atoms with Crippen LogP contribution >= 0.6 is 0 Å². The quantitative estimate of drug-likeness (QED) is 0.373. The molecule has 2 aliphatic rings. The Bertz CT molecular complexity index is 292. The maximum absolute atomic E-state index is 14.0. The van der Waals surface area contributed by atoms with E-state index in [9.17, 15) is 23.2 Å². The number of halogens is 3. The molecule has 0 aromatic heterocycles. The van der Waals surface area contributed by atoms with Crippen LogP contribution in [-0.4, -0.2) is 54.8 Å². The van der Waals surface area contributed by atoms with Gasteiger partial charge in [0.15, 0.2) is 6.30 Å². The average molecular weight is 328 g/mol. The van der Waals surface area contributed by atoms with E-state index in [1.807, 2.05) is 0 Å². The van der Waals surface area contributed by atoms with Crippen LogP contribution in [0.15, 0.2) is 0 Å². The molecule has 19 heavy (non-hydrogen) atoms. The fourth-order valence-corrected chi connectivity index (χ4v) is 2.67. The summed E-state index contributed by atoms with van der Waals surface area (Å²) in [6.07, 6.45) is -1.20. The first kappa shape index (κ1) is 22.0. The second-order valence-corrected chi connectivity index (χ2v) is 4.61. The Morgan fingerprint density at radius 1 is 1.21 bits per heavy atom. The smallest absolute Gasteiger partial charge is 0.892 e. The van der Waals surface area contributed by atoms with Crippen molar-refractivity contribution >= 4 is 7.12 Å². The number of rotatable bonds is 2. The molecule has 1 unspecified atom stereocenters. The van der Waals surface area contributed by atoms with Gasteiger partial charge in [-0.05, 0) is 19.4 Å². The molecule has 2 fully saturated rings. The first-order chi connectivity index (χ1) is 7.93. The standard InChI is InChI=1S/C9H14BF3N2O2.2K/c11-8-5-14-4-2-1-3-7(14)9(12,13)15(8)6-10(16)17;;/h7-8H,1-6H2;;/q-2;2*+1/t7?,8-;;/m0../s1. The van der Waals surface area contributed by atoms with E-state index in [4.69, 9.17) is 0 Å². The molecule has 0 aliphatic carbocycles. The summed E-state index contributed by atoms with van der Waals surface area (Å²) in [5.41, 5.74) is 0. The van der Waals surface area contributed by atoms with Gasteiger partial charge in [-0.3, -0.25) is 4.90 Å². The molecular weight excluding hydrogens is 314 g/mol. The maximum atomic E-state index is 14.0. The minimum Gasteiger partial charge on any atom is -0.892 e. The molecule has 0 N–H and O–H groups in total. The van der Waals surface area contributed by atoms with E-state index in [0.29, 0.717) is 13.0 Å². The molecule has 0 aromatic rings. The first-order valence-corrected chi connectivity index (χ1v) is 5.77. The van der Waals surface area contributed by atoms with Gasteiger partial charge >= 0.3 is 109 Å². The zero-order chi connectivity index (χ0) is 12.6. The van der Waals surface area contributed by atoms with Crippen molar-refractivity contribution in [3.8, 4) is 0 Å². The number of nitrogens with zero attached hydrogens (tertiary/aromatic N) is 2. The van der Waals surface area contributed by atoms with Crippen LogP contribution in [0.1, 0.15) is 19.3 Å². The van der Waals surface area contributed by atoms with Crippen LogP contribution in [0, 0.1) is 0 Å². The molecule has 0 radical (unpaired) electrons. The van der Waals surface area contributed by atoms with Crippen molar-refractivity contribution in [1.82, 2.24) is 9.80 Å². The zero-order valence-corrected chi connectivity index (χ0v) is 17.6. The Morgan fingerprint density at radius 3 is 2.42 bits per heavy atom. The van der Waals surface area contributed by atoms with Gasteiger partial charge in [-0.1, -0.05) is 20.0 Å². The van der Waals surface area contributed by atoms with Crippen LogP contribution in [0.4, 0.5) is 13.2 Å². The van der Waals surface area contributed by atoms with Crippen LogP contribution in [0.5, 0.6) is 0 Å². The van der Waals surface area contributed by atoms with Gasteiger partial charge in [-0.15, -0.1) is 0 Å². The Kier molecular flexibility index (Phi) is 10.8. The molecule has 4 nitrogen and oxygen atoms in total. The van der Waals surface area contributed by atoms with Gasteiger partial charge < -0.3 is 10.0 Å². The van der Waals surface area contributed by atoms with E-state index in [2.05, 4.69) is 0 Å². The van der Waals surface area contributed by atoms with Gasteiger partial charge in [-0.2, -0.15) is 8.78 Å². The van der Waals surface area contributed by atoms with Gasteiger partial charge in [0.05, 0.1) is 6.04 Å². The van der Waals surface area contributed by atoms with Gasteiger partial charge in [0, 0.05) is 6.54 Å². The van der Waals surface area contributed by atoms with Crippen LogP contribution in [0.25, 0.3) is 0 Å². The third kappa shape index (κ3) is 5.23. The third-order valence-corrected chi connectivity index (χ3v) is 3.47. The molecule has 0 aromatic carbocycles. The normalized spacial score (nSPS) is 30.8. The monoisotopic (exact) mass is 328 g/mol.